The molecule has 0 amide bonds. The second-order valence-electron chi connectivity index (χ2n) is 5.97. The number of para-hydroxylation sites is 1. The summed E-state index contributed by atoms with van der Waals surface area (Å²) in [6.45, 7) is 2.07. The van der Waals surface area contributed by atoms with Gasteiger partial charge in [-0.05, 0) is 30.0 Å². The molecule has 2 heterocycles. The molecule has 3 nitrogen and oxygen atoms in total. The van der Waals surface area contributed by atoms with Gasteiger partial charge in [0, 0.05) is 28.1 Å². The molecule has 0 bridgehead atoms. The Morgan fingerprint density at radius 1 is 1.20 bits per heavy atom. The van der Waals surface area contributed by atoms with E-state index >= 15 is 0 Å². The number of benzene rings is 2. The fraction of sp³-hybridized carbons (Fsp3) is 0.150. The van der Waals surface area contributed by atoms with Crippen LogP contribution in [0.4, 0.5) is 0 Å². The zero-order valence-electron chi connectivity index (χ0n) is 13.6. The summed E-state index contributed by atoms with van der Waals surface area (Å²) in [7, 11) is 0. The molecule has 1 N–H and O–H groups in total. The monoisotopic (exact) mass is 369 g/mol. The molecule has 0 fully saturated rings. The molecule has 0 radical (unpaired) electrons. The van der Waals surface area contributed by atoms with E-state index < -0.39 is 0 Å². The summed E-state index contributed by atoms with van der Waals surface area (Å²) in [5.74, 6) is 0.185. The normalized spacial score (nSPS) is 11.4. The summed E-state index contributed by atoms with van der Waals surface area (Å²) in [5, 5.41) is 14.5. The minimum Gasteiger partial charge on any atom is -0.508 e. The lowest BCUT2D eigenvalue weighted by molar-refractivity contribution is 0.469. The van der Waals surface area contributed by atoms with Crippen LogP contribution < -0.4 is 5.56 Å². The Kier molecular flexibility index (Phi) is 4.02. The van der Waals surface area contributed by atoms with Crippen molar-refractivity contribution in [3.05, 3.63) is 68.8 Å². The number of halogens is 1. The van der Waals surface area contributed by atoms with E-state index in [1.54, 1.807) is 10.6 Å². The number of pyridine rings is 1. The summed E-state index contributed by atoms with van der Waals surface area (Å²) in [5.41, 5.74) is 2.18. The van der Waals surface area contributed by atoms with Crippen molar-refractivity contribution >= 4 is 43.9 Å². The van der Waals surface area contributed by atoms with Crippen molar-refractivity contribution in [1.29, 1.82) is 0 Å². The number of nitrogens with zero attached hydrogens (tertiary/aromatic N) is 1. The van der Waals surface area contributed by atoms with E-state index in [0.29, 0.717) is 15.2 Å². The topological polar surface area (TPSA) is 42.2 Å². The van der Waals surface area contributed by atoms with Crippen molar-refractivity contribution in [3.63, 3.8) is 0 Å². The number of fused-ring (bicyclic) bond motifs is 3. The highest BCUT2D eigenvalue weighted by molar-refractivity contribution is 7.17. The van der Waals surface area contributed by atoms with Crippen LogP contribution in [-0.4, -0.2) is 9.67 Å². The van der Waals surface area contributed by atoms with Gasteiger partial charge in [0.25, 0.3) is 5.56 Å². The number of aromatic hydroxyl groups is 1. The molecule has 0 saturated carbocycles. The molecular formula is C20H16ClNO2S. The van der Waals surface area contributed by atoms with Gasteiger partial charge in [0.15, 0.2) is 0 Å². The minimum absolute atomic E-state index is 0.0845. The fourth-order valence-electron chi connectivity index (χ4n) is 3.38. The molecule has 25 heavy (non-hydrogen) atoms. The second kappa shape index (κ2) is 6.21. The van der Waals surface area contributed by atoms with Crippen LogP contribution in [-0.2, 0) is 6.42 Å². The Morgan fingerprint density at radius 2 is 1.96 bits per heavy atom. The van der Waals surface area contributed by atoms with E-state index in [9.17, 15) is 9.90 Å². The van der Waals surface area contributed by atoms with Gasteiger partial charge in [0.2, 0.25) is 0 Å². The smallest absolute Gasteiger partial charge is 0.273 e. The zero-order valence-corrected chi connectivity index (χ0v) is 15.2. The second-order valence-corrected chi connectivity index (χ2v) is 7.29. The number of aromatic nitrogens is 1. The molecule has 0 atom stereocenters. The molecule has 2 aromatic heterocycles. The predicted molar refractivity (Wildman–Crippen MR) is 106 cm³/mol. The van der Waals surface area contributed by atoms with Crippen LogP contribution in [0.1, 0.15) is 18.9 Å². The number of aryl methyl sites for hydroxylation is 1. The Labute approximate surface area is 153 Å². The van der Waals surface area contributed by atoms with Crippen LogP contribution in [0.2, 0.25) is 5.02 Å². The van der Waals surface area contributed by atoms with Crippen molar-refractivity contribution in [2.75, 3.05) is 0 Å². The zero-order chi connectivity index (χ0) is 17.6. The van der Waals surface area contributed by atoms with Gasteiger partial charge in [-0.25, -0.2) is 0 Å². The summed E-state index contributed by atoms with van der Waals surface area (Å²) in [4.78, 5) is 13.2. The van der Waals surface area contributed by atoms with E-state index in [4.69, 9.17) is 11.6 Å². The molecular weight excluding hydrogens is 354 g/mol. The predicted octanol–water partition coefficient (Wildman–Crippen LogP) is 5.52. The number of phenolic OH excluding ortho intramolecular Hbond substituents is 1. The first kappa shape index (κ1) is 16.2. The average molecular weight is 370 g/mol. The number of thiophene rings is 1. The Balaban J connectivity index is 2.31. The number of hydrogen-bond donors (Lipinski definition) is 1. The molecule has 0 aliphatic carbocycles. The lowest BCUT2D eigenvalue weighted by Crippen LogP contribution is -2.19. The largest absolute Gasteiger partial charge is 0.508 e. The van der Waals surface area contributed by atoms with Crippen LogP contribution in [0.25, 0.3) is 26.7 Å². The number of hydrogen-bond acceptors (Lipinski definition) is 3. The van der Waals surface area contributed by atoms with E-state index in [1.165, 1.54) is 11.3 Å². The molecule has 5 heteroatoms. The van der Waals surface area contributed by atoms with Crippen molar-refractivity contribution in [3.8, 4) is 11.4 Å². The van der Waals surface area contributed by atoms with Crippen LogP contribution in [0.5, 0.6) is 5.75 Å². The summed E-state index contributed by atoms with van der Waals surface area (Å²) in [6.07, 6.45) is 1.61. The Morgan fingerprint density at radius 3 is 2.68 bits per heavy atom. The van der Waals surface area contributed by atoms with E-state index in [2.05, 4.69) is 6.92 Å². The van der Waals surface area contributed by atoms with E-state index in [1.807, 2.05) is 41.8 Å². The maximum Gasteiger partial charge on any atom is 0.273 e. The number of rotatable bonds is 3. The van der Waals surface area contributed by atoms with Gasteiger partial charge in [-0.1, -0.05) is 43.1 Å². The molecule has 4 rings (SSSR count). The van der Waals surface area contributed by atoms with Gasteiger partial charge in [-0.15, -0.1) is 11.3 Å². The maximum absolute atomic E-state index is 13.2. The lowest BCUT2D eigenvalue weighted by Gasteiger charge is -2.17. The van der Waals surface area contributed by atoms with Crippen molar-refractivity contribution in [1.82, 2.24) is 4.57 Å². The molecule has 0 aliphatic rings. The van der Waals surface area contributed by atoms with Crippen LogP contribution in [0.15, 0.2) is 52.6 Å². The molecule has 0 unspecified atom stereocenters. The summed E-state index contributed by atoms with van der Waals surface area (Å²) in [6, 6.07) is 13.0. The highest BCUT2D eigenvalue weighted by Crippen LogP contribution is 2.39. The molecule has 126 valence electrons. The molecule has 0 spiro atoms. The lowest BCUT2D eigenvalue weighted by atomic mass is 9.99. The first-order valence-electron chi connectivity index (χ1n) is 8.15. The molecule has 2 aromatic carbocycles. The van der Waals surface area contributed by atoms with Gasteiger partial charge in [-0.2, -0.15) is 0 Å². The van der Waals surface area contributed by atoms with E-state index in [-0.39, 0.29) is 11.3 Å². The molecule has 4 aromatic rings. The van der Waals surface area contributed by atoms with Gasteiger partial charge >= 0.3 is 0 Å². The van der Waals surface area contributed by atoms with Gasteiger partial charge in [0.1, 0.15) is 10.4 Å². The van der Waals surface area contributed by atoms with Gasteiger partial charge in [-0.3, -0.25) is 9.36 Å². The van der Waals surface area contributed by atoms with Crippen molar-refractivity contribution in [2.24, 2.45) is 0 Å². The quantitative estimate of drug-likeness (QED) is 0.516. The van der Waals surface area contributed by atoms with E-state index in [0.717, 1.165) is 34.9 Å². The third-order valence-corrected chi connectivity index (χ3v) is 5.60. The van der Waals surface area contributed by atoms with Crippen LogP contribution in [0.3, 0.4) is 0 Å². The number of phenols is 1. The maximum atomic E-state index is 13.2. The highest BCUT2D eigenvalue weighted by Gasteiger charge is 2.20. The van der Waals surface area contributed by atoms with Gasteiger partial charge in [0.05, 0.1) is 10.5 Å². The van der Waals surface area contributed by atoms with Crippen LogP contribution in [0, 0.1) is 0 Å². The fourth-order valence-corrected chi connectivity index (χ4v) is 4.49. The SMILES string of the molecule is CCCc1c(O)cc(Cl)c2c1c1ccsc1c(=O)n2-c1ccccc1. The third kappa shape index (κ3) is 2.44. The first-order chi connectivity index (χ1) is 12.1. The van der Waals surface area contributed by atoms with Crippen LogP contribution >= 0.6 is 22.9 Å². The molecule has 0 saturated heterocycles. The summed E-state index contributed by atoms with van der Waals surface area (Å²) >= 11 is 7.93. The molecule has 0 aliphatic heterocycles. The highest BCUT2D eigenvalue weighted by atomic mass is 35.5. The van der Waals surface area contributed by atoms with Gasteiger partial charge < -0.3 is 5.11 Å². The first-order valence-corrected chi connectivity index (χ1v) is 9.41. The Bertz CT molecular complexity index is 1150. The van der Waals surface area contributed by atoms with Crippen molar-refractivity contribution < 1.29 is 5.11 Å². The third-order valence-electron chi connectivity index (χ3n) is 4.41. The minimum atomic E-state index is -0.0845. The standard InChI is InChI=1S/C20H16ClNO2S/c1-2-6-13-16(23)11-15(21)18-17(13)14-9-10-25-19(14)20(24)22(18)12-7-4-3-5-8-12/h3-5,7-11,23H,2,6H2,1H3. The average Bonchev–Trinajstić information content (AvgIpc) is 3.10. The Hall–Kier alpha value is -2.30. The van der Waals surface area contributed by atoms with Crippen molar-refractivity contribution in [2.45, 2.75) is 19.8 Å². The summed E-state index contributed by atoms with van der Waals surface area (Å²) < 4.78 is 2.34.